The molecule has 1 aromatic rings. The molecule has 4 nitrogen and oxygen atoms in total. The Hall–Kier alpha value is -1.62. The van der Waals surface area contributed by atoms with Crippen LogP contribution >= 0.6 is 0 Å². The van der Waals surface area contributed by atoms with Crippen molar-refractivity contribution in [2.45, 2.75) is 13.0 Å². The van der Waals surface area contributed by atoms with Gasteiger partial charge in [-0.2, -0.15) is 0 Å². The molecule has 5 heteroatoms. The van der Waals surface area contributed by atoms with Gasteiger partial charge in [-0.1, -0.05) is 12.1 Å². The van der Waals surface area contributed by atoms with Gasteiger partial charge in [-0.25, -0.2) is 9.18 Å². The molecule has 0 aliphatic heterocycles. The summed E-state index contributed by atoms with van der Waals surface area (Å²) in [7, 11) is 1.50. The van der Waals surface area contributed by atoms with E-state index in [9.17, 15) is 9.18 Å². The van der Waals surface area contributed by atoms with Crippen LogP contribution in [-0.4, -0.2) is 26.4 Å². The monoisotopic (exact) mass is 241 g/mol. The van der Waals surface area contributed by atoms with E-state index in [2.05, 4.69) is 5.32 Å². The molecule has 1 amide bonds. The van der Waals surface area contributed by atoms with Crippen LogP contribution in [0.25, 0.3) is 0 Å². The van der Waals surface area contributed by atoms with E-state index in [0.717, 1.165) is 0 Å². The number of alkyl carbamates (subject to hydrolysis) is 1. The molecule has 0 aliphatic carbocycles. The van der Waals surface area contributed by atoms with Gasteiger partial charge < -0.3 is 14.8 Å². The molecule has 0 saturated heterocycles. The molecule has 0 aromatic heterocycles. The summed E-state index contributed by atoms with van der Waals surface area (Å²) in [6, 6.07) is 6.07. The van der Waals surface area contributed by atoms with Gasteiger partial charge in [-0.15, -0.1) is 0 Å². The van der Waals surface area contributed by atoms with Crippen molar-refractivity contribution >= 4 is 6.09 Å². The topological polar surface area (TPSA) is 47.6 Å². The lowest BCUT2D eigenvalue weighted by atomic mass is 10.1. The van der Waals surface area contributed by atoms with E-state index in [1.54, 1.807) is 19.1 Å². The summed E-state index contributed by atoms with van der Waals surface area (Å²) in [5.74, 6) is -0.333. The van der Waals surface area contributed by atoms with Gasteiger partial charge >= 0.3 is 6.09 Å². The van der Waals surface area contributed by atoms with Crippen molar-refractivity contribution in [3.05, 3.63) is 35.6 Å². The summed E-state index contributed by atoms with van der Waals surface area (Å²) in [5, 5.41) is 2.54. The van der Waals surface area contributed by atoms with Crippen LogP contribution in [0.4, 0.5) is 9.18 Å². The average molecular weight is 241 g/mol. The maximum atomic E-state index is 13.0. The SMILES string of the molecule is CCOC(=O)NCC(OC)c1cccc(F)c1. The highest BCUT2D eigenvalue weighted by atomic mass is 19.1. The second-order valence-corrected chi connectivity index (χ2v) is 3.38. The first-order chi connectivity index (χ1) is 8.17. The second-order valence-electron chi connectivity index (χ2n) is 3.38. The van der Waals surface area contributed by atoms with Crippen molar-refractivity contribution in [2.75, 3.05) is 20.3 Å². The quantitative estimate of drug-likeness (QED) is 0.860. The van der Waals surface area contributed by atoms with Crippen LogP contribution in [0.15, 0.2) is 24.3 Å². The van der Waals surface area contributed by atoms with Gasteiger partial charge in [0.05, 0.1) is 19.3 Å². The molecule has 1 rings (SSSR count). The van der Waals surface area contributed by atoms with Crippen molar-refractivity contribution in [1.82, 2.24) is 5.32 Å². The van der Waals surface area contributed by atoms with Crippen molar-refractivity contribution in [3.63, 3.8) is 0 Å². The largest absolute Gasteiger partial charge is 0.450 e. The Labute approximate surface area is 99.7 Å². The van der Waals surface area contributed by atoms with E-state index in [0.29, 0.717) is 12.2 Å². The highest BCUT2D eigenvalue weighted by Gasteiger charge is 2.12. The summed E-state index contributed by atoms with van der Waals surface area (Å²) in [6.45, 7) is 2.27. The summed E-state index contributed by atoms with van der Waals surface area (Å²) >= 11 is 0. The van der Waals surface area contributed by atoms with Crippen LogP contribution in [0.3, 0.4) is 0 Å². The summed E-state index contributed by atoms with van der Waals surface area (Å²) < 4.78 is 22.9. The Balaban J connectivity index is 2.57. The maximum absolute atomic E-state index is 13.0. The minimum Gasteiger partial charge on any atom is -0.450 e. The third-order valence-electron chi connectivity index (χ3n) is 2.21. The first-order valence-corrected chi connectivity index (χ1v) is 5.36. The van der Waals surface area contributed by atoms with E-state index in [-0.39, 0.29) is 12.4 Å². The van der Waals surface area contributed by atoms with Crippen molar-refractivity contribution in [1.29, 1.82) is 0 Å². The molecule has 0 heterocycles. The Morgan fingerprint density at radius 2 is 2.29 bits per heavy atom. The highest BCUT2D eigenvalue weighted by molar-refractivity contribution is 5.67. The minimum absolute atomic E-state index is 0.235. The van der Waals surface area contributed by atoms with E-state index in [1.165, 1.54) is 19.2 Å². The fraction of sp³-hybridized carbons (Fsp3) is 0.417. The molecular weight excluding hydrogens is 225 g/mol. The van der Waals surface area contributed by atoms with Gasteiger partial charge in [0.15, 0.2) is 0 Å². The fourth-order valence-electron chi connectivity index (χ4n) is 1.40. The molecule has 1 N–H and O–H groups in total. The number of benzene rings is 1. The molecule has 0 aliphatic rings. The Kier molecular flexibility index (Phi) is 5.42. The number of carbonyl (C=O) groups is 1. The van der Waals surface area contributed by atoms with Gasteiger partial charge in [0.2, 0.25) is 0 Å². The van der Waals surface area contributed by atoms with Gasteiger partial charge in [0.25, 0.3) is 0 Å². The second kappa shape index (κ2) is 6.85. The predicted molar refractivity (Wildman–Crippen MR) is 61.2 cm³/mol. The molecule has 0 spiro atoms. The summed E-state index contributed by atoms with van der Waals surface area (Å²) in [6.07, 6.45) is -0.902. The molecular formula is C12H16FNO3. The third kappa shape index (κ3) is 4.40. The first-order valence-electron chi connectivity index (χ1n) is 5.36. The lowest BCUT2D eigenvalue weighted by Crippen LogP contribution is -2.29. The van der Waals surface area contributed by atoms with Crippen molar-refractivity contribution in [2.24, 2.45) is 0 Å². The lowest BCUT2D eigenvalue weighted by Gasteiger charge is -2.16. The molecule has 0 fully saturated rings. The Morgan fingerprint density at radius 1 is 1.53 bits per heavy atom. The van der Waals surface area contributed by atoms with Crippen LogP contribution in [0.2, 0.25) is 0 Å². The van der Waals surface area contributed by atoms with Crippen LogP contribution < -0.4 is 5.32 Å². The zero-order valence-electron chi connectivity index (χ0n) is 9.90. The third-order valence-corrected chi connectivity index (χ3v) is 2.21. The molecule has 0 saturated carbocycles. The number of hydrogen-bond donors (Lipinski definition) is 1. The zero-order valence-corrected chi connectivity index (χ0v) is 9.90. The molecule has 94 valence electrons. The van der Waals surface area contributed by atoms with E-state index in [4.69, 9.17) is 9.47 Å². The molecule has 1 aromatic carbocycles. The van der Waals surface area contributed by atoms with Crippen LogP contribution in [-0.2, 0) is 9.47 Å². The van der Waals surface area contributed by atoms with Crippen LogP contribution in [0.1, 0.15) is 18.6 Å². The Morgan fingerprint density at radius 3 is 2.88 bits per heavy atom. The Bertz CT molecular complexity index is 371. The number of amides is 1. The molecule has 0 bridgehead atoms. The molecule has 1 atom stereocenters. The number of ether oxygens (including phenoxy) is 2. The van der Waals surface area contributed by atoms with Crippen molar-refractivity contribution < 1.29 is 18.7 Å². The summed E-state index contributed by atoms with van der Waals surface area (Å²) in [4.78, 5) is 11.1. The number of methoxy groups -OCH3 is 1. The lowest BCUT2D eigenvalue weighted by molar-refractivity contribution is 0.0954. The van der Waals surface area contributed by atoms with Gasteiger partial charge in [0, 0.05) is 7.11 Å². The van der Waals surface area contributed by atoms with Crippen LogP contribution in [0.5, 0.6) is 0 Å². The number of nitrogens with one attached hydrogen (secondary N) is 1. The van der Waals surface area contributed by atoms with Crippen LogP contribution in [0, 0.1) is 5.82 Å². The predicted octanol–water partition coefficient (Wildman–Crippen LogP) is 2.26. The average Bonchev–Trinajstić information content (AvgIpc) is 2.30. The summed E-state index contributed by atoms with van der Waals surface area (Å²) in [5.41, 5.74) is 0.671. The standard InChI is InChI=1S/C12H16FNO3/c1-3-17-12(15)14-8-11(16-2)9-5-4-6-10(13)7-9/h4-7,11H,3,8H2,1-2H3,(H,14,15). The normalized spacial score (nSPS) is 11.9. The van der Waals surface area contributed by atoms with Crippen molar-refractivity contribution in [3.8, 4) is 0 Å². The van der Waals surface area contributed by atoms with Gasteiger partial charge in [-0.05, 0) is 24.6 Å². The van der Waals surface area contributed by atoms with E-state index in [1.807, 2.05) is 0 Å². The number of rotatable bonds is 5. The molecule has 1 unspecified atom stereocenters. The van der Waals surface area contributed by atoms with Gasteiger partial charge in [0.1, 0.15) is 5.82 Å². The molecule has 17 heavy (non-hydrogen) atoms. The minimum atomic E-state index is -0.508. The fourth-order valence-corrected chi connectivity index (χ4v) is 1.40. The first kappa shape index (κ1) is 13.4. The van der Waals surface area contributed by atoms with E-state index >= 15 is 0 Å². The number of halogens is 1. The number of hydrogen-bond acceptors (Lipinski definition) is 3. The zero-order chi connectivity index (χ0) is 12.7. The smallest absolute Gasteiger partial charge is 0.407 e. The van der Waals surface area contributed by atoms with E-state index < -0.39 is 12.2 Å². The number of carbonyl (C=O) groups excluding carboxylic acids is 1. The molecule has 0 radical (unpaired) electrons. The highest BCUT2D eigenvalue weighted by Crippen LogP contribution is 2.16. The van der Waals surface area contributed by atoms with Gasteiger partial charge in [-0.3, -0.25) is 0 Å². The maximum Gasteiger partial charge on any atom is 0.407 e.